The second-order valence-electron chi connectivity index (χ2n) is 9.35. The van der Waals surface area contributed by atoms with Gasteiger partial charge in [0.1, 0.15) is 18.2 Å². The fraction of sp³-hybridized carbons (Fsp3) is 0.391. The summed E-state index contributed by atoms with van der Waals surface area (Å²) >= 11 is 0. The Kier molecular flexibility index (Phi) is 9.34. The van der Waals surface area contributed by atoms with Gasteiger partial charge in [-0.2, -0.15) is 13.2 Å². The minimum Gasteiger partial charge on any atom is -0.490 e. The molecule has 0 unspecified atom stereocenters. The number of aliphatic carboxylic acids is 1. The van der Waals surface area contributed by atoms with E-state index in [-0.39, 0.29) is 18.3 Å². The van der Waals surface area contributed by atoms with Gasteiger partial charge in [-0.3, -0.25) is 18.6 Å². The Labute approximate surface area is 229 Å². The van der Waals surface area contributed by atoms with Crippen LogP contribution >= 0.6 is 11.0 Å². The first-order valence-electron chi connectivity index (χ1n) is 11.8. The summed E-state index contributed by atoms with van der Waals surface area (Å²) in [4.78, 5) is 28.4. The first-order chi connectivity index (χ1) is 18.6. The molecule has 40 heavy (non-hydrogen) atoms. The predicted molar refractivity (Wildman–Crippen MR) is 144 cm³/mol. The van der Waals surface area contributed by atoms with Crippen LogP contribution in [0.2, 0.25) is 0 Å². The number of hydrogen-bond acceptors (Lipinski definition) is 11. The Morgan fingerprint density at radius 2 is 1.85 bits per heavy atom. The lowest BCUT2D eigenvalue weighted by Gasteiger charge is -2.34. The number of amidine groups is 1. The van der Waals surface area contributed by atoms with E-state index in [1.165, 1.54) is 0 Å². The monoisotopic (exact) mass is 589 g/mol. The van der Waals surface area contributed by atoms with Crippen molar-refractivity contribution in [3.63, 3.8) is 0 Å². The molecule has 0 spiro atoms. The quantitative estimate of drug-likeness (QED) is 0.261. The molecule has 1 fully saturated rings. The van der Waals surface area contributed by atoms with Gasteiger partial charge in [0.15, 0.2) is 5.84 Å². The minimum absolute atomic E-state index is 0.0292. The standard InChI is InChI=1S/C21H29N7O4S.C2HF3O2/c1-21(2,13-32-16-5-3-4-15-18(16)19(22)27-33(30,31)26-15)25-20(29)14-6-7-24-17(12-14)28-10-8-23-9-11-28;3-2(4,5)1(6)7/h3-7,12,23,26,30-31H,8-11,13H2,1-2H3,(H2,22,27)(H,25,29);(H,6,7). The summed E-state index contributed by atoms with van der Waals surface area (Å²) in [5, 5.41) is 13.4. The molecule has 2 aliphatic heterocycles. The van der Waals surface area contributed by atoms with E-state index in [0.717, 1.165) is 32.0 Å². The second-order valence-corrected chi connectivity index (χ2v) is 10.8. The Balaban J connectivity index is 0.000000559. The lowest BCUT2D eigenvalue weighted by Crippen LogP contribution is -2.48. The molecule has 2 aliphatic rings. The van der Waals surface area contributed by atoms with Gasteiger partial charge >= 0.3 is 12.1 Å². The number of carboxylic acid groups (broad SMARTS) is 1. The number of alkyl halides is 3. The van der Waals surface area contributed by atoms with Crippen LogP contribution in [0.1, 0.15) is 29.8 Å². The molecule has 0 bridgehead atoms. The number of nitrogens with two attached hydrogens (primary N) is 1. The van der Waals surface area contributed by atoms with Crippen molar-refractivity contribution in [2.75, 3.05) is 42.4 Å². The Bertz CT molecular complexity index is 1270. The molecule has 220 valence electrons. The normalized spacial score (nSPS) is 17.2. The molecular formula is C23H30F3N7O6S. The Morgan fingerprint density at radius 1 is 1.20 bits per heavy atom. The number of halogens is 3. The highest BCUT2D eigenvalue weighted by molar-refractivity contribution is 8.24. The van der Waals surface area contributed by atoms with E-state index in [0.29, 0.717) is 22.6 Å². The van der Waals surface area contributed by atoms with Gasteiger partial charge in [0, 0.05) is 37.9 Å². The van der Waals surface area contributed by atoms with Gasteiger partial charge in [-0.05, 0) is 49.1 Å². The number of benzene rings is 1. The number of carbonyl (C=O) groups excluding carboxylic acids is 1. The number of fused-ring (bicyclic) bond motifs is 1. The van der Waals surface area contributed by atoms with E-state index >= 15 is 0 Å². The largest absolute Gasteiger partial charge is 0.490 e. The number of ether oxygens (including phenoxy) is 1. The summed E-state index contributed by atoms with van der Waals surface area (Å²) in [6.45, 7) is 7.31. The van der Waals surface area contributed by atoms with Crippen molar-refractivity contribution in [3.05, 3.63) is 47.7 Å². The number of amides is 1. The van der Waals surface area contributed by atoms with Crippen molar-refractivity contribution in [1.29, 1.82) is 0 Å². The first kappa shape index (κ1) is 30.7. The molecule has 2 aromatic rings. The average Bonchev–Trinajstić information content (AvgIpc) is 2.87. The van der Waals surface area contributed by atoms with Crippen molar-refractivity contribution in [3.8, 4) is 5.75 Å². The van der Waals surface area contributed by atoms with Gasteiger partial charge in [0.2, 0.25) is 0 Å². The predicted octanol–water partition coefficient (Wildman–Crippen LogP) is 2.42. The highest BCUT2D eigenvalue weighted by Gasteiger charge is 2.38. The summed E-state index contributed by atoms with van der Waals surface area (Å²) in [5.41, 5.74) is 6.61. The zero-order valence-corrected chi connectivity index (χ0v) is 22.3. The molecule has 0 saturated carbocycles. The molecular weight excluding hydrogens is 559 g/mol. The van der Waals surface area contributed by atoms with Gasteiger partial charge in [-0.1, -0.05) is 6.07 Å². The third kappa shape index (κ3) is 8.35. The average molecular weight is 590 g/mol. The first-order valence-corrected chi connectivity index (χ1v) is 13.3. The molecule has 0 radical (unpaired) electrons. The molecule has 1 aromatic carbocycles. The highest BCUT2D eigenvalue weighted by Crippen LogP contribution is 2.46. The maximum atomic E-state index is 12.9. The van der Waals surface area contributed by atoms with E-state index < -0.39 is 28.6 Å². The van der Waals surface area contributed by atoms with E-state index in [2.05, 4.69) is 29.6 Å². The van der Waals surface area contributed by atoms with Gasteiger partial charge < -0.3 is 31.1 Å². The molecule has 1 amide bonds. The SMILES string of the molecule is CC(C)(COc1cccc2c1C(N)=NS(O)(O)N2)NC(=O)c1ccnc(N2CCNCC2)c1.O=C(O)C(F)(F)F. The zero-order valence-electron chi connectivity index (χ0n) is 21.5. The van der Waals surface area contributed by atoms with E-state index in [4.69, 9.17) is 20.4 Å². The van der Waals surface area contributed by atoms with Gasteiger partial charge in [0.05, 0.1) is 16.8 Å². The smallest absolute Gasteiger partial charge is 0.490 e. The second kappa shape index (κ2) is 12.2. The summed E-state index contributed by atoms with van der Waals surface area (Å²) < 4.78 is 63.6. The fourth-order valence-electron chi connectivity index (χ4n) is 3.65. The number of nitrogens with zero attached hydrogens (tertiary/aromatic N) is 3. The van der Waals surface area contributed by atoms with Crippen molar-refractivity contribution in [2.45, 2.75) is 25.6 Å². The maximum Gasteiger partial charge on any atom is 0.490 e. The van der Waals surface area contributed by atoms with Gasteiger partial charge in [-0.25, -0.2) is 9.78 Å². The summed E-state index contributed by atoms with van der Waals surface area (Å²) in [6, 6.07) is 8.55. The lowest BCUT2D eigenvalue weighted by atomic mass is 10.1. The lowest BCUT2D eigenvalue weighted by molar-refractivity contribution is -0.192. The van der Waals surface area contributed by atoms with Crippen molar-refractivity contribution in [1.82, 2.24) is 15.6 Å². The molecule has 0 atom stereocenters. The molecule has 8 N–H and O–H groups in total. The number of anilines is 2. The van der Waals surface area contributed by atoms with E-state index in [1.807, 2.05) is 13.8 Å². The number of nitrogens with one attached hydrogen (secondary N) is 3. The van der Waals surface area contributed by atoms with Crippen LogP contribution in [0.15, 0.2) is 40.9 Å². The molecule has 3 heterocycles. The maximum absolute atomic E-state index is 12.9. The van der Waals surface area contributed by atoms with E-state index in [9.17, 15) is 27.1 Å². The van der Waals surface area contributed by atoms with E-state index in [1.54, 1.807) is 36.5 Å². The van der Waals surface area contributed by atoms with Crippen LogP contribution in [0.4, 0.5) is 24.7 Å². The van der Waals surface area contributed by atoms with Crippen LogP contribution in [-0.2, 0) is 4.79 Å². The van der Waals surface area contributed by atoms with Crippen molar-refractivity contribution < 1.29 is 41.7 Å². The molecule has 4 rings (SSSR count). The molecule has 0 aliphatic carbocycles. The molecule has 17 heteroatoms. The number of aromatic nitrogens is 1. The van der Waals surface area contributed by atoms with Crippen molar-refractivity contribution >= 4 is 40.2 Å². The number of carbonyl (C=O) groups is 2. The van der Waals surface area contributed by atoms with Crippen LogP contribution in [0.3, 0.4) is 0 Å². The minimum atomic E-state index is -5.08. The third-order valence-electron chi connectivity index (χ3n) is 5.49. The van der Waals surface area contributed by atoms with Crippen LogP contribution in [0.25, 0.3) is 0 Å². The number of carboxylic acids is 1. The zero-order chi connectivity index (χ0) is 29.7. The van der Waals surface area contributed by atoms with Crippen molar-refractivity contribution in [2.24, 2.45) is 10.1 Å². The molecule has 1 aromatic heterocycles. The highest BCUT2D eigenvalue weighted by atomic mass is 32.3. The molecule has 13 nitrogen and oxygen atoms in total. The number of piperazine rings is 1. The summed E-state index contributed by atoms with van der Waals surface area (Å²) in [5.74, 6) is -1.81. The topological polar surface area (TPSA) is 195 Å². The Hall–Kier alpha value is -3.80. The van der Waals surface area contributed by atoms with Crippen LogP contribution in [-0.4, -0.2) is 81.4 Å². The van der Waals surface area contributed by atoms with Crippen LogP contribution in [0, 0.1) is 0 Å². The summed E-state index contributed by atoms with van der Waals surface area (Å²) in [6.07, 6.45) is -3.44. The number of rotatable bonds is 6. The Morgan fingerprint density at radius 3 is 2.48 bits per heavy atom. The van der Waals surface area contributed by atoms with Gasteiger partial charge in [0.25, 0.3) is 5.91 Å². The molecule has 1 saturated heterocycles. The van der Waals surface area contributed by atoms with Gasteiger partial charge in [-0.15, -0.1) is 4.40 Å². The van der Waals surface area contributed by atoms with Crippen LogP contribution in [0.5, 0.6) is 5.75 Å². The van der Waals surface area contributed by atoms with Crippen LogP contribution < -0.4 is 30.7 Å². The number of hydrogen-bond donors (Lipinski definition) is 7. The fourth-order valence-corrected chi connectivity index (χ4v) is 4.53. The third-order valence-corrected chi connectivity index (χ3v) is 6.43. The number of pyridine rings is 1. The summed E-state index contributed by atoms with van der Waals surface area (Å²) in [7, 11) is -3.38.